The highest BCUT2D eigenvalue weighted by Crippen LogP contribution is 2.42. The van der Waals surface area contributed by atoms with E-state index in [1.54, 1.807) is 0 Å². The molecule has 0 radical (unpaired) electrons. The lowest BCUT2D eigenvalue weighted by Crippen LogP contribution is -2.71. The average molecular weight is 1700 g/mol. The number of carboxylic acids is 1. The van der Waals surface area contributed by atoms with Crippen molar-refractivity contribution < 1.29 is 232 Å². The Balaban J connectivity index is 1.19. The Hall–Kier alpha value is -4.29. The predicted octanol–water partition coefficient (Wildman–Crippen LogP) is -18.8. The van der Waals surface area contributed by atoms with Crippen molar-refractivity contribution in [1.82, 2.24) is 21.3 Å². The van der Waals surface area contributed by atoms with Crippen molar-refractivity contribution in [1.29, 1.82) is 0 Å². The van der Waals surface area contributed by atoms with Gasteiger partial charge >= 0.3 is 5.97 Å². The lowest BCUT2D eigenvalue weighted by molar-refractivity contribution is -0.418. The zero-order valence-electron chi connectivity index (χ0n) is 62.8. The molecule has 0 unspecified atom stereocenters. The van der Waals surface area contributed by atoms with Gasteiger partial charge in [-0.15, -0.1) is 0 Å². The number of aliphatic hydroxyl groups is 24. The summed E-state index contributed by atoms with van der Waals surface area (Å²) < 4.78 is 103. The van der Waals surface area contributed by atoms with Gasteiger partial charge in [0.2, 0.25) is 23.6 Å². The van der Waals surface area contributed by atoms with Crippen LogP contribution in [0.15, 0.2) is 0 Å². The van der Waals surface area contributed by atoms with Gasteiger partial charge in [0.15, 0.2) is 50.3 Å². The Morgan fingerprint density at radius 1 is 0.371 bits per heavy atom. The highest BCUT2D eigenvalue weighted by molar-refractivity contribution is 5.77. The monoisotopic (exact) mass is 1700 g/mol. The Labute approximate surface area is 657 Å². The first kappa shape index (κ1) is 95.5. The van der Waals surface area contributed by atoms with Crippen LogP contribution >= 0.6 is 0 Å². The molecule has 51 nitrogen and oxygen atoms in total. The van der Waals surface area contributed by atoms with Gasteiger partial charge in [-0.25, -0.2) is 4.79 Å². The zero-order chi connectivity index (χ0) is 85.9. The Kier molecular flexibility index (Phi) is 33.6. The molecule has 0 aromatic heterocycles. The van der Waals surface area contributed by atoms with Crippen LogP contribution in [0.5, 0.6) is 0 Å². The summed E-state index contributed by atoms with van der Waals surface area (Å²) in [7, 11) is 0. The van der Waals surface area contributed by atoms with Crippen LogP contribution in [0.4, 0.5) is 0 Å². The first-order chi connectivity index (χ1) is 54.6. The highest BCUT2D eigenvalue weighted by atomic mass is 16.8. The number of ether oxygens (including phenoxy) is 17. The van der Waals surface area contributed by atoms with Crippen LogP contribution in [-0.2, 0) is 104 Å². The minimum absolute atomic E-state index is 0.876. The molecule has 0 bridgehead atoms. The average Bonchev–Trinajstić information content (AvgIpc) is 0.756. The van der Waals surface area contributed by atoms with E-state index in [2.05, 4.69) is 21.3 Å². The molecule has 9 aliphatic heterocycles. The van der Waals surface area contributed by atoms with E-state index in [9.17, 15) is 152 Å². The van der Waals surface area contributed by atoms with E-state index < -0.39 is 364 Å². The first-order valence-electron chi connectivity index (χ1n) is 37.0. The van der Waals surface area contributed by atoms with Crippen molar-refractivity contribution >= 4 is 29.6 Å². The van der Waals surface area contributed by atoms with E-state index in [0.717, 1.165) is 34.6 Å². The fourth-order valence-corrected chi connectivity index (χ4v) is 14.9. The van der Waals surface area contributed by atoms with Gasteiger partial charge in [-0.3, -0.25) is 19.2 Å². The molecule has 51 heteroatoms. The van der Waals surface area contributed by atoms with E-state index >= 15 is 0 Å². The molecule has 116 heavy (non-hydrogen) atoms. The lowest BCUT2D eigenvalue weighted by Gasteiger charge is -2.53. The number of carboxylic acid groups (broad SMARTS) is 1. The Morgan fingerprint density at radius 3 is 1.22 bits per heavy atom. The van der Waals surface area contributed by atoms with E-state index in [1.165, 1.54) is 6.92 Å². The summed E-state index contributed by atoms with van der Waals surface area (Å²) in [6.45, 7) is -2.28. The lowest BCUT2D eigenvalue weighted by atomic mass is 9.88. The van der Waals surface area contributed by atoms with Gasteiger partial charge in [0.1, 0.15) is 201 Å². The summed E-state index contributed by atoms with van der Waals surface area (Å²) in [4.78, 5) is 65.0. The maximum absolute atomic E-state index is 13.4. The molecule has 9 rings (SSSR count). The predicted molar refractivity (Wildman–Crippen MR) is 358 cm³/mol. The molecule has 0 spiro atoms. The molecule has 29 N–H and O–H groups in total. The van der Waals surface area contributed by atoms with E-state index in [4.69, 9.17) is 80.5 Å². The molecule has 0 aliphatic carbocycles. The fraction of sp³-hybridized carbons (Fsp3) is 0.923. The maximum Gasteiger partial charge on any atom is 0.364 e. The maximum atomic E-state index is 13.4. The van der Waals surface area contributed by atoms with Crippen LogP contribution in [0.3, 0.4) is 0 Å². The van der Waals surface area contributed by atoms with Crippen LogP contribution in [0.2, 0.25) is 0 Å². The third kappa shape index (κ3) is 21.0. The van der Waals surface area contributed by atoms with Gasteiger partial charge in [0, 0.05) is 34.1 Å². The summed E-state index contributed by atoms with van der Waals surface area (Å²) in [6, 6.07) is -7.68. The van der Waals surface area contributed by atoms with Gasteiger partial charge in [0.25, 0.3) is 5.79 Å². The second-order valence-corrected chi connectivity index (χ2v) is 29.6. The fourth-order valence-electron chi connectivity index (χ4n) is 14.9. The van der Waals surface area contributed by atoms with E-state index in [-0.39, 0.29) is 0 Å². The Bertz CT molecular complexity index is 3170. The molecule has 46 atom stereocenters. The molecule has 4 amide bonds. The number of carbonyl (C=O) groups excluding carboxylic acids is 4. The van der Waals surface area contributed by atoms with Gasteiger partial charge in [-0.1, -0.05) is 0 Å². The third-order valence-corrected chi connectivity index (χ3v) is 21.3. The molecule has 9 heterocycles. The summed E-state index contributed by atoms with van der Waals surface area (Å²) in [5.74, 6) is -9.14. The van der Waals surface area contributed by atoms with Gasteiger partial charge in [0.05, 0.1) is 70.6 Å². The largest absolute Gasteiger partial charge is 0.477 e. The Morgan fingerprint density at radius 2 is 0.724 bits per heavy atom. The van der Waals surface area contributed by atoms with Crippen molar-refractivity contribution in [3.8, 4) is 0 Å². The van der Waals surface area contributed by atoms with Crippen LogP contribution < -0.4 is 21.3 Å². The van der Waals surface area contributed by atoms with Gasteiger partial charge in [-0.2, -0.15) is 0 Å². The SMILES string of the molecule is CC(=O)N[C@@H]1[C@@H](O[C@@H]2O[C@H](CO[C@@H]3O[C@H](CO)[C@@H](O)[C@@H](O)[C@H]3NC(C)=O)[C@H](O)[C@H](O[C@@H]3O[C@H](CO)[C@H](O)[C@H](O[C@H]4O[C@H](CO)[C@H](O)[C@H](O[C@H]5O[C@H](CO)[C@H](O)[C@H](O)[C@H]5O)[C@H]4NC(C)=O)[C@H]3O[C@@H]3O[C@@H](C)[C@@H](O)[C@@H](O)[C@@H]3O)[C@H]2O[C@@H]2O[C@@H](C)[C@@H](O)[C@@H](O)[C@@H]2O)[C@@H](O)[C@@H](CO[C@]2(C(=O)O)C[C@H](O)[C@@H](NC(C)=O)[C@H]([C@H](O)[C@H](O)CO)O2)O[C@@H]1O. The van der Waals surface area contributed by atoms with Crippen LogP contribution in [0, 0.1) is 0 Å². The number of aliphatic carboxylic acids is 1. The topological polar surface area (TPSA) is 796 Å². The van der Waals surface area contributed by atoms with Gasteiger partial charge in [-0.05, 0) is 13.8 Å². The normalized spacial score (nSPS) is 48.2. The highest BCUT2D eigenvalue weighted by Gasteiger charge is 2.63. The van der Waals surface area contributed by atoms with E-state index in [1.807, 2.05) is 0 Å². The summed E-state index contributed by atoms with van der Waals surface area (Å²) in [6.07, 6.45) is -91.2. The van der Waals surface area contributed by atoms with Crippen molar-refractivity contribution in [2.24, 2.45) is 0 Å². The van der Waals surface area contributed by atoms with E-state index in [0.29, 0.717) is 0 Å². The number of amides is 4. The van der Waals surface area contributed by atoms with Crippen LogP contribution in [-0.4, -0.2) is 485 Å². The molecule has 9 saturated heterocycles. The number of carbonyl (C=O) groups is 5. The van der Waals surface area contributed by atoms with Crippen molar-refractivity contribution in [3.05, 3.63) is 0 Å². The number of hydrogen-bond acceptors (Lipinski definition) is 46. The van der Waals surface area contributed by atoms with Crippen LogP contribution in [0.25, 0.3) is 0 Å². The van der Waals surface area contributed by atoms with Crippen molar-refractivity contribution in [2.45, 2.75) is 330 Å². The molecule has 670 valence electrons. The summed E-state index contributed by atoms with van der Waals surface area (Å²) in [5.41, 5.74) is 0. The van der Waals surface area contributed by atoms with Crippen molar-refractivity contribution in [2.75, 3.05) is 46.2 Å². The molecular formula is C65H108N4O47. The molecule has 0 aromatic rings. The van der Waals surface area contributed by atoms with Gasteiger partial charge < -0.3 is 229 Å². The number of nitrogens with one attached hydrogen (secondary N) is 4. The van der Waals surface area contributed by atoms with Crippen molar-refractivity contribution in [3.63, 3.8) is 0 Å². The zero-order valence-corrected chi connectivity index (χ0v) is 62.8. The van der Waals surface area contributed by atoms with Crippen LogP contribution in [0.1, 0.15) is 48.0 Å². The smallest absolute Gasteiger partial charge is 0.364 e. The molecule has 0 saturated carbocycles. The number of aliphatic hydroxyl groups excluding tert-OH is 24. The minimum atomic E-state index is -3.21. The standard InChI is InChI=1S/C65H108N4O47/c1-15-33(81)43(91)46(94)59(102-15)114-54-52(112-58-32(69-20(6)78)50(38(86)25(11-73)106-58)110-61-48(96)45(93)37(85)24(10-72)107-61)39(87)26(12-74)108-62(54)113-53-41(89)27(13-100-57-30(67-18(4)76)42(90)36(84)23(9-71)105-57)109-63(55(53)115-60-47(95)44(92)34(82)16(2)103-60)111-49-31(68-19(5)77)56(97)104-28(40(49)88)14-101-65(64(98)99)7-21(79)29(66-17(3)75)51(116-65)35(83)22(80)8-70/h15-16,21-63,70-74,79-97H,7-14H2,1-6H3,(H,66,75)(H,67,76)(H,68,77)(H,69,78)(H,98,99)/t15-,16-,21-,22+,23+,24+,25+,26+,27+,28+,29+,30+,31+,32+,33+,34+,35+,36+,37-,38-,39-,40-,41-,42-,43+,44+,45-,46-,47-,48+,49+,50+,51+,52-,53-,54+,55+,56-,57+,58+,59-,60-,61+,62-,63-,65+/m0/s1. The third-order valence-electron chi connectivity index (χ3n) is 21.3. The minimum Gasteiger partial charge on any atom is -0.477 e. The second-order valence-electron chi connectivity index (χ2n) is 29.6. The second kappa shape index (κ2) is 40.8. The quantitative estimate of drug-likeness (QED) is 0.0318. The first-order valence-corrected chi connectivity index (χ1v) is 37.0. The summed E-state index contributed by atoms with van der Waals surface area (Å²) >= 11 is 0. The summed E-state index contributed by atoms with van der Waals surface area (Å²) in [5, 5.41) is 290. The number of hydrogen-bond donors (Lipinski definition) is 29. The number of rotatable bonds is 30. The molecule has 0 aromatic carbocycles. The molecule has 9 fully saturated rings. The molecular weight excluding hydrogens is 1590 g/mol. The molecule has 9 aliphatic rings.